The summed E-state index contributed by atoms with van der Waals surface area (Å²) in [6, 6.07) is 93.8. The Morgan fingerprint density at radius 1 is 0.294 bits per heavy atom. The lowest BCUT2D eigenvalue weighted by Gasteiger charge is -2.30. The van der Waals surface area contributed by atoms with Crippen molar-refractivity contribution in [3.8, 4) is 61.3 Å². The van der Waals surface area contributed by atoms with Crippen LogP contribution in [0.1, 0.15) is 11.1 Å². The van der Waals surface area contributed by atoms with E-state index < -0.39 is 0 Å². The van der Waals surface area contributed by atoms with E-state index in [1.165, 1.54) is 77.1 Å². The van der Waals surface area contributed by atoms with Crippen LogP contribution in [-0.2, 0) is 12.8 Å². The van der Waals surface area contributed by atoms with Crippen molar-refractivity contribution in [2.24, 2.45) is 0 Å². The van der Waals surface area contributed by atoms with E-state index in [1.54, 1.807) is 0 Å². The molecule has 0 saturated heterocycles. The molecule has 0 bridgehead atoms. The normalized spacial score (nSPS) is 12.0. The van der Waals surface area contributed by atoms with Gasteiger partial charge in [-0.3, -0.25) is 0 Å². The Balaban J connectivity index is 0.984. The molecule has 1 aliphatic carbocycles. The zero-order valence-corrected chi connectivity index (χ0v) is 37.6. The van der Waals surface area contributed by atoms with Crippen LogP contribution in [-0.4, -0.2) is 4.57 Å². The molecule has 0 N–H and O–H groups in total. The number of para-hydroxylation sites is 4. The summed E-state index contributed by atoms with van der Waals surface area (Å²) in [6.07, 6.45) is 2.13. The van der Waals surface area contributed by atoms with Gasteiger partial charge in [-0.25, -0.2) is 0 Å². The maximum atomic E-state index is 2.47. The van der Waals surface area contributed by atoms with Crippen LogP contribution in [0.2, 0.25) is 0 Å². The van der Waals surface area contributed by atoms with Crippen molar-refractivity contribution in [1.29, 1.82) is 0 Å². The topological polar surface area (TPSA) is 8.17 Å². The first-order valence-electron chi connectivity index (χ1n) is 23.7. The second kappa shape index (κ2) is 16.6. The molecule has 1 aliphatic rings. The molecule has 0 fully saturated rings. The number of benzene rings is 11. The van der Waals surface area contributed by atoms with Gasteiger partial charge in [0.05, 0.1) is 28.1 Å². The predicted octanol–water partition coefficient (Wildman–Crippen LogP) is 17.8. The van der Waals surface area contributed by atoms with Crippen LogP contribution in [0.15, 0.2) is 255 Å². The minimum atomic E-state index is 1.05. The fraction of sp³-hybridized carbons (Fsp3) is 0.0303. The molecule has 0 atom stereocenters. The Morgan fingerprint density at radius 2 is 0.824 bits per heavy atom. The van der Waals surface area contributed by atoms with Gasteiger partial charge in [0.1, 0.15) is 0 Å². The lowest BCUT2D eigenvalue weighted by atomic mass is 9.84. The summed E-state index contributed by atoms with van der Waals surface area (Å²) in [6.45, 7) is 0. The van der Waals surface area contributed by atoms with Gasteiger partial charge in [-0.2, -0.15) is 0 Å². The molecule has 0 radical (unpaired) electrons. The Hall–Kier alpha value is -8.72. The van der Waals surface area contributed by atoms with Gasteiger partial charge in [0.25, 0.3) is 0 Å². The van der Waals surface area contributed by atoms with E-state index in [1.807, 2.05) is 0 Å². The van der Waals surface area contributed by atoms with Crippen LogP contribution >= 0.6 is 0 Å². The standard InChI is InChI=1S/C66H46N2/c1-2-16-45(17-3-1)46-30-32-49(33-31-46)57-22-8-12-26-62(57)67(54-39-36-47(37-40-54)52-38-41-56-53(42-52)35-34-48-18-6-7-21-55(48)56)63-27-13-9-23-58(63)59-24-10-14-28-64(59)68-65-29-15-11-25-60(65)61-43-50-19-4-5-20-51(50)44-66(61)68/h1-33,36-44H,34-35H2. The molecule has 0 saturated carbocycles. The zero-order valence-electron chi connectivity index (χ0n) is 37.6. The smallest absolute Gasteiger partial charge is 0.0547 e. The molecule has 11 aromatic carbocycles. The first-order valence-corrected chi connectivity index (χ1v) is 23.7. The Kier molecular flexibility index (Phi) is 9.68. The summed E-state index contributed by atoms with van der Waals surface area (Å²) < 4.78 is 2.47. The SMILES string of the molecule is c1ccc(-c2ccc(-c3ccccc3N(c3ccc(-c4ccc5c(c4)CCc4ccccc4-5)cc3)c3ccccc3-c3ccccc3-n3c4ccccc4c4cc5ccccc5cc43)cc2)cc1. The molecule has 2 heteroatoms. The highest BCUT2D eigenvalue weighted by atomic mass is 15.1. The maximum Gasteiger partial charge on any atom is 0.0547 e. The largest absolute Gasteiger partial charge is 0.309 e. The fourth-order valence-electron chi connectivity index (χ4n) is 10.8. The van der Waals surface area contributed by atoms with E-state index in [0.29, 0.717) is 0 Å². The number of fused-ring (bicyclic) bond motifs is 7. The second-order valence-electron chi connectivity index (χ2n) is 18.0. The Bertz CT molecular complexity index is 3840. The van der Waals surface area contributed by atoms with E-state index in [4.69, 9.17) is 0 Å². The summed E-state index contributed by atoms with van der Waals surface area (Å²) in [4.78, 5) is 2.47. The van der Waals surface area contributed by atoms with E-state index in [-0.39, 0.29) is 0 Å². The van der Waals surface area contributed by atoms with E-state index in [0.717, 1.165) is 57.8 Å². The summed E-state index contributed by atoms with van der Waals surface area (Å²) in [5.41, 5.74) is 21.9. The highest BCUT2D eigenvalue weighted by Gasteiger charge is 2.24. The van der Waals surface area contributed by atoms with Gasteiger partial charge >= 0.3 is 0 Å². The molecule has 68 heavy (non-hydrogen) atoms. The Labute approximate surface area is 397 Å². The molecule has 0 spiro atoms. The van der Waals surface area contributed by atoms with E-state index in [9.17, 15) is 0 Å². The summed E-state index contributed by atoms with van der Waals surface area (Å²) in [7, 11) is 0. The Morgan fingerprint density at radius 3 is 1.63 bits per heavy atom. The zero-order chi connectivity index (χ0) is 45.0. The van der Waals surface area contributed by atoms with Gasteiger partial charge in [-0.15, -0.1) is 0 Å². The van der Waals surface area contributed by atoms with Crippen LogP contribution in [0.5, 0.6) is 0 Å². The third kappa shape index (κ3) is 6.81. The molecule has 1 heterocycles. The highest BCUT2D eigenvalue weighted by Crippen LogP contribution is 2.47. The van der Waals surface area contributed by atoms with Crippen LogP contribution in [0.4, 0.5) is 17.1 Å². The molecule has 2 nitrogen and oxygen atoms in total. The average molecular weight is 867 g/mol. The average Bonchev–Trinajstić information content (AvgIpc) is 3.73. The summed E-state index contributed by atoms with van der Waals surface area (Å²) in [5, 5.41) is 4.97. The minimum Gasteiger partial charge on any atom is -0.309 e. The number of aryl methyl sites for hydroxylation is 2. The number of hydrogen-bond donors (Lipinski definition) is 0. The van der Waals surface area contributed by atoms with Crippen molar-refractivity contribution in [2.75, 3.05) is 4.90 Å². The third-order valence-electron chi connectivity index (χ3n) is 14.1. The van der Waals surface area contributed by atoms with Crippen LogP contribution in [0, 0.1) is 0 Å². The number of aromatic nitrogens is 1. The number of anilines is 3. The molecular formula is C66H46N2. The molecule has 12 aromatic rings. The van der Waals surface area contributed by atoms with Crippen LogP contribution in [0.3, 0.4) is 0 Å². The molecule has 1 aromatic heterocycles. The second-order valence-corrected chi connectivity index (χ2v) is 18.0. The number of hydrogen-bond acceptors (Lipinski definition) is 1. The summed E-state index contributed by atoms with van der Waals surface area (Å²) in [5.74, 6) is 0. The minimum absolute atomic E-state index is 1.05. The molecular weight excluding hydrogens is 821 g/mol. The summed E-state index contributed by atoms with van der Waals surface area (Å²) >= 11 is 0. The first-order chi connectivity index (χ1) is 33.7. The van der Waals surface area contributed by atoms with Gasteiger partial charge in [0.2, 0.25) is 0 Å². The fourth-order valence-corrected chi connectivity index (χ4v) is 10.8. The molecule has 0 unspecified atom stereocenters. The van der Waals surface area contributed by atoms with Crippen LogP contribution < -0.4 is 4.90 Å². The van der Waals surface area contributed by atoms with Gasteiger partial charge in [0, 0.05) is 33.2 Å². The number of nitrogens with zero attached hydrogens (tertiary/aromatic N) is 2. The van der Waals surface area contributed by atoms with Crippen molar-refractivity contribution in [3.63, 3.8) is 0 Å². The number of rotatable bonds is 8. The first kappa shape index (κ1) is 39.6. The van der Waals surface area contributed by atoms with Crippen molar-refractivity contribution < 1.29 is 0 Å². The van der Waals surface area contributed by atoms with Crippen molar-refractivity contribution in [3.05, 3.63) is 266 Å². The van der Waals surface area contributed by atoms with Crippen molar-refractivity contribution in [1.82, 2.24) is 4.57 Å². The van der Waals surface area contributed by atoms with Gasteiger partial charge < -0.3 is 9.47 Å². The van der Waals surface area contributed by atoms with Gasteiger partial charge in [-0.05, 0) is 122 Å². The highest BCUT2D eigenvalue weighted by molar-refractivity contribution is 6.14. The lowest BCUT2D eigenvalue weighted by Crippen LogP contribution is -2.13. The lowest BCUT2D eigenvalue weighted by molar-refractivity contribution is 0.942. The monoisotopic (exact) mass is 866 g/mol. The molecule has 0 amide bonds. The van der Waals surface area contributed by atoms with E-state index >= 15 is 0 Å². The third-order valence-corrected chi connectivity index (χ3v) is 14.1. The van der Waals surface area contributed by atoms with Crippen molar-refractivity contribution in [2.45, 2.75) is 12.8 Å². The molecule has 13 rings (SSSR count). The van der Waals surface area contributed by atoms with Crippen LogP contribution in [0.25, 0.3) is 93.9 Å². The van der Waals surface area contributed by atoms with Gasteiger partial charge in [0.15, 0.2) is 0 Å². The molecule has 0 aliphatic heterocycles. The van der Waals surface area contributed by atoms with Crippen molar-refractivity contribution >= 4 is 49.6 Å². The van der Waals surface area contributed by atoms with E-state index in [2.05, 4.69) is 264 Å². The van der Waals surface area contributed by atoms with Gasteiger partial charge in [-0.1, -0.05) is 206 Å². The quantitative estimate of drug-likeness (QED) is 0.148. The molecule has 320 valence electrons. The predicted molar refractivity (Wildman–Crippen MR) is 288 cm³/mol. The maximum absolute atomic E-state index is 2.47.